The number of aliphatic carboxylic acids is 1. The highest BCUT2D eigenvalue weighted by Gasteiger charge is 2.38. The van der Waals surface area contributed by atoms with Gasteiger partial charge in [0.2, 0.25) is 0 Å². The minimum atomic E-state index is -5.08. The van der Waals surface area contributed by atoms with E-state index in [1.165, 1.54) is 16.7 Å². The van der Waals surface area contributed by atoms with Crippen LogP contribution in [0.2, 0.25) is 0 Å². The summed E-state index contributed by atoms with van der Waals surface area (Å²) >= 11 is 0. The number of carboxylic acid groups (broad SMARTS) is 1. The Morgan fingerprint density at radius 2 is 1.97 bits per heavy atom. The lowest BCUT2D eigenvalue weighted by Gasteiger charge is -2.18. The molecule has 166 valence electrons. The fourth-order valence-electron chi connectivity index (χ4n) is 3.36. The molecule has 0 unspecified atom stereocenters. The van der Waals surface area contributed by atoms with Gasteiger partial charge in [-0.1, -0.05) is 29.5 Å². The summed E-state index contributed by atoms with van der Waals surface area (Å²) in [5, 5.41) is 18.9. The molecule has 31 heavy (non-hydrogen) atoms. The number of alkyl halides is 3. The van der Waals surface area contributed by atoms with E-state index in [-0.39, 0.29) is 5.60 Å². The summed E-state index contributed by atoms with van der Waals surface area (Å²) in [4.78, 5) is 8.90. The topological polar surface area (TPSA) is 89.3 Å². The van der Waals surface area contributed by atoms with Gasteiger partial charge >= 0.3 is 12.1 Å². The second-order valence-electron chi connectivity index (χ2n) is 7.89. The van der Waals surface area contributed by atoms with Gasteiger partial charge in [-0.05, 0) is 37.1 Å². The van der Waals surface area contributed by atoms with E-state index in [4.69, 9.17) is 14.6 Å². The van der Waals surface area contributed by atoms with Gasteiger partial charge in [-0.25, -0.2) is 9.48 Å². The molecule has 0 atom stereocenters. The number of carbonyl (C=O) groups is 1. The predicted molar refractivity (Wildman–Crippen MR) is 108 cm³/mol. The van der Waals surface area contributed by atoms with Crippen LogP contribution >= 0.6 is 0 Å². The zero-order valence-corrected chi connectivity index (χ0v) is 17.3. The van der Waals surface area contributed by atoms with E-state index in [0.717, 1.165) is 36.3 Å². The standard InChI is InChI=1S/C19H22N4O.C2HF3O2/c1-19(2)10-14-5-4-6-15(18(14)24-19)12-20-11-13-7-8-17-16(9-13)21-22-23(17)3;3-2(4,5)1(6)7/h4-9,20H,10-12H2,1-3H3;(H,6,7). The molecule has 0 saturated heterocycles. The molecule has 0 spiro atoms. The largest absolute Gasteiger partial charge is 0.490 e. The number of nitrogens with one attached hydrogen (secondary N) is 1. The number of aromatic nitrogens is 3. The summed E-state index contributed by atoms with van der Waals surface area (Å²) in [5.41, 5.74) is 5.61. The van der Waals surface area contributed by atoms with E-state index in [1.54, 1.807) is 4.68 Å². The molecule has 1 aliphatic rings. The third-order valence-corrected chi connectivity index (χ3v) is 4.73. The summed E-state index contributed by atoms with van der Waals surface area (Å²) < 4.78 is 39.7. The smallest absolute Gasteiger partial charge is 0.487 e. The molecule has 3 aromatic rings. The van der Waals surface area contributed by atoms with Crippen molar-refractivity contribution in [2.24, 2.45) is 7.05 Å². The van der Waals surface area contributed by atoms with Gasteiger partial charge < -0.3 is 15.2 Å². The first-order chi connectivity index (χ1) is 14.5. The van der Waals surface area contributed by atoms with Crippen LogP contribution in [-0.4, -0.2) is 37.8 Å². The van der Waals surface area contributed by atoms with Crippen molar-refractivity contribution in [3.8, 4) is 5.75 Å². The lowest BCUT2D eigenvalue weighted by molar-refractivity contribution is -0.192. The van der Waals surface area contributed by atoms with Crippen LogP contribution in [0.5, 0.6) is 5.75 Å². The highest BCUT2D eigenvalue weighted by atomic mass is 19.4. The van der Waals surface area contributed by atoms with Crippen LogP contribution in [0.15, 0.2) is 36.4 Å². The van der Waals surface area contributed by atoms with E-state index in [0.29, 0.717) is 0 Å². The van der Waals surface area contributed by atoms with Crippen LogP contribution < -0.4 is 10.1 Å². The summed E-state index contributed by atoms with van der Waals surface area (Å²) in [6.45, 7) is 5.86. The molecule has 2 heterocycles. The van der Waals surface area contributed by atoms with Gasteiger partial charge in [0, 0.05) is 32.1 Å². The van der Waals surface area contributed by atoms with Gasteiger partial charge in [0.25, 0.3) is 0 Å². The Balaban J connectivity index is 0.000000339. The van der Waals surface area contributed by atoms with Crippen LogP contribution in [0.25, 0.3) is 11.0 Å². The molecule has 4 rings (SSSR count). The van der Waals surface area contributed by atoms with Gasteiger partial charge in [-0.2, -0.15) is 13.2 Å². The van der Waals surface area contributed by atoms with Crippen LogP contribution in [0.3, 0.4) is 0 Å². The Bertz CT molecular complexity index is 1090. The van der Waals surface area contributed by atoms with Crippen molar-refractivity contribution in [1.29, 1.82) is 0 Å². The number of hydrogen-bond donors (Lipinski definition) is 2. The van der Waals surface area contributed by atoms with Gasteiger partial charge in [0.15, 0.2) is 0 Å². The van der Waals surface area contributed by atoms with Gasteiger partial charge in [0.05, 0.1) is 5.52 Å². The lowest BCUT2D eigenvalue weighted by atomic mass is 10.0. The molecule has 0 aliphatic carbocycles. The summed E-state index contributed by atoms with van der Waals surface area (Å²) in [6.07, 6.45) is -4.11. The van der Waals surface area contributed by atoms with Gasteiger partial charge in [0.1, 0.15) is 16.9 Å². The first-order valence-corrected chi connectivity index (χ1v) is 9.55. The van der Waals surface area contributed by atoms with E-state index >= 15 is 0 Å². The quantitative estimate of drug-likeness (QED) is 0.650. The van der Waals surface area contributed by atoms with E-state index in [9.17, 15) is 13.2 Å². The Labute approximate surface area is 176 Å². The highest BCUT2D eigenvalue weighted by Crippen LogP contribution is 2.37. The Morgan fingerprint density at radius 1 is 1.26 bits per heavy atom. The number of ether oxygens (including phenoxy) is 1. The fourth-order valence-corrected chi connectivity index (χ4v) is 3.36. The van der Waals surface area contributed by atoms with Crippen molar-refractivity contribution < 1.29 is 27.8 Å². The van der Waals surface area contributed by atoms with Gasteiger partial charge in [-0.15, -0.1) is 5.10 Å². The maximum atomic E-state index is 10.6. The van der Waals surface area contributed by atoms with Crippen molar-refractivity contribution in [2.75, 3.05) is 0 Å². The molecule has 1 aromatic heterocycles. The van der Waals surface area contributed by atoms with Crippen LogP contribution in [-0.2, 0) is 31.4 Å². The molecule has 0 bridgehead atoms. The molecule has 0 amide bonds. The molecule has 0 fully saturated rings. The monoisotopic (exact) mass is 436 g/mol. The normalized spacial score (nSPS) is 14.5. The maximum absolute atomic E-state index is 10.6. The molecule has 0 radical (unpaired) electrons. The van der Waals surface area contributed by atoms with E-state index in [2.05, 4.69) is 65.9 Å². The highest BCUT2D eigenvalue weighted by molar-refractivity contribution is 5.75. The van der Waals surface area contributed by atoms with Crippen molar-refractivity contribution >= 4 is 17.0 Å². The first kappa shape index (κ1) is 22.5. The SMILES string of the molecule is Cn1nnc2cc(CNCc3cccc4c3OC(C)(C)C4)ccc21.O=C(O)C(F)(F)F. The van der Waals surface area contributed by atoms with Gasteiger partial charge in [-0.3, -0.25) is 0 Å². The predicted octanol–water partition coefficient (Wildman–Crippen LogP) is 3.60. The lowest BCUT2D eigenvalue weighted by Crippen LogP contribution is -2.25. The third-order valence-electron chi connectivity index (χ3n) is 4.73. The zero-order chi connectivity index (χ0) is 22.8. The molecular formula is C21H23F3N4O3. The number of carboxylic acids is 1. The summed E-state index contributed by atoms with van der Waals surface area (Å²) in [7, 11) is 1.91. The second-order valence-corrected chi connectivity index (χ2v) is 7.89. The molecule has 1 aliphatic heterocycles. The maximum Gasteiger partial charge on any atom is 0.490 e. The Hall–Kier alpha value is -3.14. The number of hydrogen-bond acceptors (Lipinski definition) is 5. The number of nitrogens with zero attached hydrogens (tertiary/aromatic N) is 3. The molecule has 0 saturated carbocycles. The molecule has 2 N–H and O–H groups in total. The zero-order valence-electron chi connectivity index (χ0n) is 17.3. The summed E-state index contributed by atoms with van der Waals surface area (Å²) in [6, 6.07) is 12.7. The van der Waals surface area contributed by atoms with Crippen LogP contribution in [0, 0.1) is 0 Å². The minimum Gasteiger partial charge on any atom is -0.487 e. The van der Waals surface area contributed by atoms with E-state index < -0.39 is 12.1 Å². The van der Waals surface area contributed by atoms with Crippen molar-refractivity contribution in [2.45, 2.75) is 45.1 Å². The van der Waals surface area contributed by atoms with E-state index in [1.807, 2.05) is 7.05 Å². The number of rotatable bonds is 4. The number of para-hydroxylation sites is 1. The average molecular weight is 436 g/mol. The van der Waals surface area contributed by atoms with Crippen molar-refractivity contribution in [3.63, 3.8) is 0 Å². The molecule has 7 nitrogen and oxygen atoms in total. The molecule has 10 heteroatoms. The molecule has 2 aromatic carbocycles. The summed E-state index contributed by atoms with van der Waals surface area (Å²) in [5.74, 6) is -1.70. The van der Waals surface area contributed by atoms with Crippen molar-refractivity contribution in [1.82, 2.24) is 20.3 Å². The Morgan fingerprint density at radius 3 is 2.65 bits per heavy atom. The number of halogens is 3. The fraction of sp³-hybridized carbons (Fsp3) is 0.381. The van der Waals surface area contributed by atoms with Crippen molar-refractivity contribution in [3.05, 3.63) is 53.1 Å². The minimum absolute atomic E-state index is 0.102. The number of benzene rings is 2. The number of fused-ring (bicyclic) bond motifs is 2. The average Bonchev–Trinajstić information content (AvgIpc) is 3.20. The van der Waals surface area contributed by atoms with Crippen LogP contribution in [0.1, 0.15) is 30.5 Å². The first-order valence-electron chi connectivity index (χ1n) is 9.55. The molecular weight excluding hydrogens is 413 g/mol. The number of aryl methyl sites for hydroxylation is 1. The Kier molecular flexibility index (Phi) is 6.21. The van der Waals surface area contributed by atoms with Crippen LogP contribution in [0.4, 0.5) is 13.2 Å². The second kappa shape index (κ2) is 8.54. The third kappa shape index (κ3) is 5.52.